The van der Waals surface area contributed by atoms with Gasteiger partial charge in [0.25, 0.3) is 5.91 Å². The second kappa shape index (κ2) is 13.6. The summed E-state index contributed by atoms with van der Waals surface area (Å²) in [7, 11) is 3.75. The van der Waals surface area contributed by atoms with Crippen molar-refractivity contribution in [3.8, 4) is 0 Å². The zero-order valence-corrected chi connectivity index (χ0v) is 18.2. The van der Waals surface area contributed by atoms with E-state index < -0.39 is 0 Å². The van der Waals surface area contributed by atoms with Gasteiger partial charge < -0.3 is 16.4 Å². The van der Waals surface area contributed by atoms with Gasteiger partial charge in [0.05, 0.1) is 11.7 Å². The maximum atomic E-state index is 11.9. The number of carbonyl (C=O) groups is 2. The molecule has 1 amide bonds. The lowest BCUT2D eigenvalue weighted by molar-refractivity contribution is 0.102. The van der Waals surface area contributed by atoms with E-state index in [4.69, 9.17) is 5.73 Å². The molecule has 0 aliphatic carbocycles. The first-order valence-corrected chi connectivity index (χ1v) is 9.77. The number of nitrogens with one attached hydrogen (secondary N) is 2. The molecule has 0 aliphatic rings. The van der Waals surface area contributed by atoms with Gasteiger partial charge in [-0.15, -0.1) is 11.3 Å². The van der Waals surface area contributed by atoms with Crippen molar-refractivity contribution >= 4 is 45.1 Å². The minimum Gasteiger partial charge on any atom is -0.328 e. The van der Waals surface area contributed by atoms with E-state index in [0.29, 0.717) is 26.6 Å². The van der Waals surface area contributed by atoms with Crippen LogP contribution in [0.25, 0.3) is 0 Å². The number of carbonyl (C=O) groups excluding carboxylic acids is 2. The fraction of sp³-hybridized carbons (Fsp3) is 0.389. The Morgan fingerprint density at radius 1 is 1.42 bits per heavy atom. The second-order valence-corrected chi connectivity index (χ2v) is 7.25. The van der Waals surface area contributed by atoms with E-state index in [9.17, 15) is 9.59 Å². The molecular weight excluding hydrogens is 416 g/mol. The average Bonchev–Trinajstić information content (AvgIpc) is 3.13. The normalized spacial score (nSPS) is 10.6. The summed E-state index contributed by atoms with van der Waals surface area (Å²) in [4.78, 5) is 27.1. The lowest BCUT2D eigenvalue weighted by Crippen LogP contribution is -2.11. The molecule has 0 saturated carbocycles. The van der Waals surface area contributed by atoms with E-state index in [-0.39, 0.29) is 5.91 Å². The number of hydrogen-bond donors (Lipinski definition) is 3. The minimum absolute atomic E-state index is 0.222. The molecular formula is C18H27BrN4O2S. The lowest BCUT2D eigenvalue weighted by atomic mass is 10.1. The van der Waals surface area contributed by atoms with Gasteiger partial charge in [-0.1, -0.05) is 22.9 Å². The summed E-state index contributed by atoms with van der Waals surface area (Å²) in [6, 6.07) is 3.83. The van der Waals surface area contributed by atoms with Gasteiger partial charge in [0.2, 0.25) is 0 Å². The van der Waals surface area contributed by atoms with Crippen LogP contribution in [0.3, 0.4) is 0 Å². The molecule has 1 aromatic carbocycles. The summed E-state index contributed by atoms with van der Waals surface area (Å²) < 4.78 is 0.714. The quantitative estimate of drug-likeness (QED) is 0.624. The molecule has 1 aromatic heterocycles. The number of nitrogens with two attached hydrogens (primary N) is 1. The second-order valence-electron chi connectivity index (χ2n) is 5.51. The molecule has 0 spiro atoms. The monoisotopic (exact) mass is 442 g/mol. The largest absolute Gasteiger partial charge is 0.328 e. The van der Waals surface area contributed by atoms with Crippen molar-refractivity contribution in [3.63, 3.8) is 0 Å². The van der Waals surface area contributed by atoms with Crippen LogP contribution in [0.15, 0.2) is 28.3 Å². The topological polar surface area (TPSA) is 97.1 Å². The van der Waals surface area contributed by atoms with Crippen molar-refractivity contribution in [3.05, 3.63) is 44.3 Å². The smallest absolute Gasteiger partial charge is 0.267 e. The number of rotatable bonds is 4. The summed E-state index contributed by atoms with van der Waals surface area (Å²) in [6.45, 7) is 5.94. The molecule has 0 unspecified atom stereocenters. The molecule has 0 bridgehead atoms. The van der Waals surface area contributed by atoms with Crippen molar-refractivity contribution in [2.45, 2.75) is 33.2 Å². The first kappa shape index (κ1) is 24.4. The number of aryl methyl sites for hydroxylation is 1. The molecule has 4 N–H and O–H groups in total. The zero-order chi connectivity index (χ0) is 20.1. The first-order chi connectivity index (χ1) is 12.3. The molecule has 26 heavy (non-hydrogen) atoms. The summed E-state index contributed by atoms with van der Waals surface area (Å²) in [5, 5.41) is 5.52. The Balaban J connectivity index is 0.000000663. The number of nitrogens with zero attached hydrogens (tertiary/aromatic N) is 1. The van der Waals surface area contributed by atoms with Gasteiger partial charge in [-0.05, 0) is 52.1 Å². The molecule has 8 heteroatoms. The number of thiazole rings is 1. The van der Waals surface area contributed by atoms with Crippen molar-refractivity contribution < 1.29 is 9.59 Å². The Hall–Kier alpha value is -1.61. The predicted octanol–water partition coefficient (Wildman–Crippen LogP) is 3.86. The maximum absolute atomic E-state index is 11.9. The summed E-state index contributed by atoms with van der Waals surface area (Å²) >= 11 is 4.56. The van der Waals surface area contributed by atoms with Crippen LogP contribution in [0.4, 0.5) is 5.69 Å². The van der Waals surface area contributed by atoms with Crippen molar-refractivity contribution in [1.82, 2.24) is 10.3 Å². The standard InChI is InChI=1S/C12H9BrN2O2S.C4H11N.C2H7N/c1-7-2-9(13)8(5-16)3-10(7)15-12(17)11-4-14-6-18-11;1-3-4(2)5;1-3-2/h2-6H,1H3,(H,15,17);4H,3,5H2,1-2H3;3H,1-2H3/t;4-;/m.1./s1. The Kier molecular flexibility index (Phi) is 12.7. The highest BCUT2D eigenvalue weighted by molar-refractivity contribution is 9.10. The van der Waals surface area contributed by atoms with Crippen molar-refractivity contribution in [2.24, 2.45) is 5.73 Å². The van der Waals surface area contributed by atoms with E-state index >= 15 is 0 Å². The zero-order valence-electron chi connectivity index (χ0n) is 15.8. The summed E-state index contributed by atoms with van der Waals surface area (Å²) in [5.74, 6) is -0.222. The molecule has 144 valence electrons. The van der Waals surface area contributed by atoms with Gasteiger partial charge in [0.15, 0.2) is 6.29 Å². The van der Waals surface area contributed by atoms with Crippen LogP contribution >= 0.6 is 27.3 Å². The number of anilines is 1. The number of hydrogen-bond acceptors (Lipinski definition) is 6. The highest BCUT2D eigenvalue weighted by atomic mass is 79.9. The predicted molar refractivity (Wildman–Crippen MR) is 113 cm³/mol. The molecule has 2 aromatic rings. The highest BCUT2D eigenvalue weighted by Gasteiger charge is 2.11. The van der Waals surface area contributed by atoms with E-state index in [1.165, 1.54) is 17.5 Å². The molecule has 0 fully saturated rings. The van der Waals surface area contributed by atoms with Crippen LogP contribution in [0.1, 0.15) is 45.9 Å². The van der Waals surface area contributed by atoms with E-state index in [0.717, 1.165) is 18.3 Å². The van der Waals surface area contributed by atoms with Crippen LogP contribution in [-0.2, 0) is 0 Å². The van der Waals surface area contributed by atoms with Crippen molar-refractivity contribution in [1.29, 1.82) is 0 Å². The van der Waals surface area contributed by atoms with E-state index in [1.807, 2.05) is 27.9 Å². The van der Waals surface area contributed by atoms with Crippen LogP contribution in [0.2, 0.25) is 0 Å². The van der Waals surface area contributed by atoms with Gasteiger partial charge in [0.1, 0.15) is 4.88 Å². The molecule has 0 aliphatic heterocycles. The number of halogens is 1. The SMILES string of the molecule is CC[C@@H](C)N.CNC.Cc1cc(Br)c(C=O)cc1NC(=O)c1cncs1. The third-order valence-electron chi connectivity index (χ3n) is 3.02. The number of benzene rings is 1. The highest BCUT2D eigenvalue weighted by Crippen LogP contribution is 2.24. The third-order valence-corrected chi connectivity index (χ3v) is 4.48. The Morgan fingerprint density at radius 3 is 2.42 bits per heavy atom. The minimum atomic E-state index is -0.222. The van der Waals surface area contributed by atoms with Gasteiger partial charge in [-0.3, -0.25) is 14.6 Å². The number of aldehydes is 1. The molecule has 1 atom stereocenters. The maximum Gasteiger partial charge on any atom is 0.267 e. The number of amides is 1. The number of aromatic nitrogens is 1. The van der Waals surface area contributed by atoms with Crippen LogP contribution < -0.4 is 16.4 Å². The van der Waals surface area contributed by atoms with Crippen LogP contribution in [0, 0.1) is 6.92 Å². The Morgan fingerprint density at radius 2 is 2.00 bits per heavy atom. The van der Waals surface area contributed by atoms with Gasteiger partial charge in [0, 0.05) is 21.8 Å². The Bertz CT molecular complexity index is 676. The molecule has 2 rings (SSSR count). The van der Waals surface area contributed by atoms with Crippen LogP contribution in [-0.4, -0.2) is 37.3 Å². The van der Waals surface area contributed by atoms with E-state index in [2.05, 4.69) is 38.5 Å². The van der Waals surface area contributed by atoms with Gasteiger partial charge in [-0.25, -0.2) is 0 Å². The molecule has 0 radical (unpaired) electrons. The third kappa shape index (κ3) is 9.19. The summed E-state index contributed by atoms with van der Waals surface area (Å²) in [6.07, 6.45) is 3.33. The molecule has 1 heterocycles. The van der Waals surface area contributed by atoms with Gasteiger partial charge in [-0.2, -0.15) is 0 Å². The van der Waals surface area contributed by atoms with Crippen molar-refractivity contribution in [2.75, 3.05) is 19.4 Å². The fourth-order valence-corrected chi connectivity index (χ4v) is 2.49. The lowest BCUT2D eigenvalue weighted by Gasteiger charge is -2.09. The first-order valence-electron chi connectivity index (χ1n) is 8.09. The molecule has 0 saturated heterocycles. The van der Waals surface area contributed by atoms with Crippen LogP contribution in [0.5, 0.6) is 0 Å². The Labute approximate surface area is 167 Å². The van der Waals surface area contributed by atoms with E-state index in [1.54, 1.807) is 17.6 Å². The average molecular weight is 443 g/mol. The fourth-order valence-electron chi connectivity index (χ4n) is 1.43. The summed E-state index contributed by atoms with van der Waals surface area (Å²) in [5.41, 5.74) is 8.89. The molecule has 6 nitrogen and oxygen atoms in total. The van der Waals surface area contributed by atoms with Gasteiger partial charge >= 0.3 is 0 Å².